The zero-order chi connectivity index (χ0) is 17.4. The Kier molecular flexibility index (Phi) is 6.59. The summed E-state index contributed by atoms with van der Waals surface area (Å²) in [6.07, 6.45) is 1.24. The fourth-order valence-corrected chi connectivity index (χ4v) is 3.07. The van der Waals surface area contributed by atoms with Crippen LogP contribution in [0.4, 0.5) is 5.00 Å². The third kappa shape index (κ3) is 5.56. The molecule has 8 heteroatoms. The van der Waals surface area contributed by atoms with Crippen LogP contribution in [0.25, 0.3) is 0 Å². The van der Waals surface area contributed by atoms with E-state index in [2.05, 4.69) is 5.32 Å². The second-order valence-electron chi connectivity index (χ2n) is 4.42. The first-order chi connectivity index (χ1) is 11.6. The number of esters is 1. The summed E-state index contributed by atoms with van der Waals surface area (Å²) >= 11 is 2.52. The lowest BCUT2D eigenvalue weighted by molar-refractivity contribution is -0.142. The van der Waals surface area contributed by atoms with Gasteiger partial charge in [0.15, 0.2) is 6.61 Å². The molecule has 0 bridgehead atoms. The molecule has 2 rings (SSSR count). The Morgan fingerprint density at radius 2 is 1.96 bits per heavy atom. The lowest BCUT2D eigenvalue weighted by atomic mass is 10.3. The molecule has 0 saturated heterocycles. The fraction of sp³-hybridized carbons (Fsp3) is 0.0625. The van der Waals surface area contributed by atoms with E-state index in [1.54, 1.807) is 10.8 Å². The van der Waals surface area contributed by atoms with Crippen LogP contribution in [0.3, 0.4) is 0 Å². The van der Waals surface area contributed by atoms with Crippen molar-refractivity contribution in [2.75, 3.05) is 11.9 Å². The van der Waals surface area contributed by atoms with Crippen LogP contribution in [0.5, 0.6) is 0 Å². The van der Waals surface area contributed by atoms with E-state index in [1.165, 1.54) is 23.9 Å². The van der Waals surface area contributed by atoms with Crippen LogP contribution in [-0.2, 0) is 14.3 Å². The maximum atomic E-state index is 11.7. The number of nitrogens with one attached hydrogen (secondary N) is 1. The lowest BCUT2D eigenvalue weighted by Crippen LogP contribution is -2.21. The maximum Gasteiger partial charge on any atom is 0.331 e. The quantitative estimate of drug-likeness (QED) is 0.448. The molecule has 1 aromatic heterocycles. The van der Waals surface area contributed by atoms with Crippen molar-refractivity contribution in [1.29, 1.82) is 0 Å². The summed E-state index contributed by atoms with van der Waals surface area (Å²) in [7, 11) is 0. The molecule has 0 radical (unpaired) electrons. The molecule has 3 N–H and O–H groups in total. The van der Waals surface area contributed by atoms with Gasteiger partial charge < -0.3 is 15.8 Å². The zero-order valence-electron chi connectivity index (χ0n) is 12.4. The van der Waals surface area contributed by atoms with E-state index in [-0.39, 0.29) is 5.56 Å². The van der Waals surface area contributed by atoms with Crippen molar-refractivity contribution in [3.8, 4) is 0 Å². The highest BCUT2D eigenvalue weighted by atomic mass is 32.2. The Hall–Kier alpha value is -2.58. The average molecular weight is 362 g/mol. The predicted molar refractivity (Wildman–Crippen MR) is 93.9 cm³/mol. The summed E-state index contributed by atoms with van der Waals surface area (Å²) in [4.78, 5) is 35.4. The number of anilines is 1. The number of thioether (sulfide) groups is 1. The number of carbonyl (C=O) groups is 3. The van der Waals surface area contributed by atoms with E-state index in [4.69, 9.17) is 10.5 Å². The number of rotatable bonds is 7. The Morgan fingerprint density at radius 3 is 2.67 bits per heavy atom. The van der Waals surface area contributed by atoms with Gasteiger partial charge in [0.25, 0.3) is 11.8 Å². The number of carbonyl (C=O) groups excluding carboxylic acids is 3. The monoisotopic (exact) mass is 362 g/mol. The summed E-state index contributed by atoms with van der Waals surface area (Å²) in [6, 6.07) is 11.0. The molecule has 124 valence electrons. The van der Waals surface area contributed by atoms with E-state index in [1.807, 2.05) is 30.3 Å². The Labute approximate surface area is 146 Å². The van der Waals surface area contributed by atoms with Crippen LogP contribution in [0, 0.1) is 0 Å². The second kappa shape index (κ2) is 8.90. The van der Waals surface area contributed by atoms with Crippen molar-refractivity contribution < 1.29 is 19.1 Å². The fourth-order valence-electron chi connectivity index (χ4n) is 1.61. The van der Waals surface area contributed by atoms with Gasteiger partial charge in [0.2, 0.25) is 0 Å². The molecule has 24 heavy (non-hydrogen) atoms. The van der Waals surface area contributed by atoms with Crippen molar-refractivity contribution in [3.63, 3.8) is 0 Å². The minimum absolute atomic E-state index is 0.221. The molecule has 0 unspecified atom stereocenters. The first kappa shape index (κ1) is 17.8. The van der Waals surface area contributed by atoms with Crippen molar-refractivity contribution in [2.24, 2.45) is 5.73 Å². The number of thiophene rings is 1. The first-order valence-corrected chi connectivity index (χ1v) is 8.54. The van der Waals surface area contributed by atoms with Crippen molar-refractivity contribution in [1.82, 2.24) is 0 Å². The number of nitrogens with two attached hydrogens (primary N) is 1. The van der Waals surface area contributed by atoms with Gasteiger partial charge in [0, 0.05) is 11.0 Å². The molecule has 2 aromatic rings. The number of primary amides is 1. The molecular weight excluding hydrogens is 348 g/mol. The lowest BCUT2D eigenvalue weighted by Gasteiger charge is -2.04. The molecule has 0 aliphatic carbocycles. The molecule has 6 nitrogen and oxygen atoms in total. The van der Waals surface area contributed by atoms with Gasteiger partial charge in [-0.2, -0.15) is 0 Å². The van der Waals surface area contributed by atoms with Gasteiger partial charge in [-0.1, -0.05) is 30.0 Å². The average Bonchev–Trinajstić information content (AvgIpc) is 3.02. The zero-order valence-corrected chi connectivity index (χ0v) is 14.1. The van der Waals surface area contributed by atoms with Gasteiger partial charge in [-0.25, -0.2) is 4.79 Å². The van der Waals surface area contributed by atoms with Gasteiger partial charge in [-0.3, -0.25) is 9.59 Å². The normalized spacial score (nSPS) is 10.5. The molecule has 0 saturated carbocycles. The Morgan fingerprint density at radius 1 is 1.21 bits per heavy atom. The molecule has 0 aliphatic rings. The summed E-state index contributed by atoms with van der Waals surface area (Å²) < 4.78 is 4.83. The largest absolute Gasteiger partial charge is 0.452 e. The molecule has 0 spiro atoms. The van der Waals surface area contributed by atoms with Crippen molar-refractivity contribution in [2.45, 2.75) is 4.90 Å². The SMILES string of the molecule is NC(=O)c1ccsc1NC(=O)COC(=O)/C=C/Sc1ccccc1. The van der Waals surface area contributed by atoms with Crippen LogP contribution in [0.15, 0.2) is 58.2 Å². The molecule has 1 heterocycles. The summed E-state index contributed by atoms with van der Waals surface area (Å²) in [5.41, 5.74) is 5.40. The third-order valence-corrected chi connectivity index (χ3v) is 4.33. The Bertz CT molecular complexity index is 756. The van der Waals surface area contributed by atoms with Crippen molar-refractivity contribution >= 4 is 45.9 Å². The van der Waals surface area contributed by atoms with E-state index in [9.17, 15) is 14.4 Å². The number of ether oxygens (including phenoxy) is 1. The smallest absolute Gasteiger partial charge is 0.331 e. The summed E-state index contributed by atoms with van der Waals surface area (Å²) in [6.45, 7) is -0.449. The second-order valence-corrected chi connectivity index (χ2v) is 6.31. The van der Waals surface area contributed by atoms with Gasteiger partial charge in [-0.05, 0) is 29.0 Å². The van der Waals surface area contributed by atoms with Gasteiger partial charge in [0.05, 0.1) is 5.56 Å². The van der Waals surface area contributed by atoms with Gasteiger partial charge >= 0.3 is 5.97 Å². The maximum absolute atomic E-state index is 11.7. The number of hydrogen-bond donors (Lipinski definition) is 2. The van der Waals surface area contributed by atoms with Crippen molar-refractivity contribution in [3.05, 3.63) is 58.8 Å². The Balaban J connectivity index is 1.76. The topological polar surface area (TPSA) is 98.5 Å². The molecule has 0 atom stereocenters. The number of hydrogen-bond acceptors (Lipinski definition) is 6. The molecule has 0 aliphatic heterocycles. The number of amides is 2. The van der Waals surface area contributed by atoms with E-state index in [0.29, 0.717) is 5.00 Å². The minimum Gasteiger partial charge on any atom is -0.452 e. The first-order valence-electron chi connectivity index (χ1n) is 6.78. The highest BCUT2D eigenvalue weighted by molar-refractivity contribution is 8.02. The predicted octanol–water partition coefficient (Wildman–Crippen LogP) is 2.63. The number of benzene rings is 1. The van der Waals surface area contributed by atoms with Crippen LogP contribution >= 0.6 is 23.1 Å². The minimum atomic E-state index is -0.635. The standard InChI is InChI=1S/C16H14N2O4S2/c17-15(21)12-6-8-24-16(12)18-13(19)10-22-14(20)7-9-23-11-4-2-1-3-5-11/h1-9H,10H2,(H2,17,21)(H,18,19)/b9-7+. The van der Waals surface area contributed by atoms with E-state index >= 15 is 0 Å². The van der Waals surface area contributed by atoms with E-state index < -0.39 is 24.4 Å². The van der Waals surface area contributed by atoms with E-state index in [0.717, 1.165) is 16.2 Å². The molecular formula is C16H14N2O4S2. The third-order valence-electron chi connectivity index (χ3n) is 2.68. The highest BCUT2D eigenvalue weighted by Gasteiger charge is 2.13. The molecule has 2 amide bonds. The molecule has 1 aromatic carbocycles. The highest BCUT2D eigenvalue weighted by Crippen LogP contribution is 2.22. The van der Waals surface area contributed by atoms with Gasteiger partial charge in [0.1, 0.15) is 5.00 Å². The van der Waals surface area contributed by atoms with Crippen LogP contribution < -0.4 is 11.1 Å². The molecule has 0 fully saturated rings. The summed E-state index contributed by atoms with van der Waals surface area (Å²) in [5.74, 6) is -1.81. The van der Waals surface area contributed by atoms with Crippen LogP contribution in [0.1, 0.15) is 10.4 Å². The van der Waals surface area contributed by atoms with Crippen LogP contribution in [0.2, 0.25) is 0 Å². The van der Waals surface area contributed by atoms with Crippen LogP contribution in [-0.4, -0.2) is 24.4 Å². The van der Waals surface area contributed by atoms with Gasteiger partial charge in [-0.15, -0.1) is 11.3 Å². The summed E-state index contributed by atoms with van der Waals surface area (Å²) in [5, 5.41) is 6.03.